The molecular formula is C31H32N4O5. The van der Waals surface area contributed by atoms with Gasteiger partial charge in [-0.05, 0) is 48.6 Å². The first kappa shape index (κ1) is 26.9. The van der Waals surface area contributed by atoms with Crippen LogP contribution < -0.4 is 16.0 Å². The third-order valence-electron chi connectivity index (χ3n) is 7.39. The van der Waals surface area contributed by atoms with E-state index in [0.717, 1.165) is 48.4 Å². The number of amides is 3. The van der Waals surface area contributed by atoms with Crippen LogP contribution in [0.2, 0.25) is 0 Å². The number of carbonyl (C=O) groups is 3. The summed E-state index contributed by atoms with van der Waals surface area (Å²) in [5, 5.41) is 14.3. The first-order valence-corrected chi connectivity index (χ1v) is 13.5. The molecule has 1 aliphatic carbocycles. The van der Waals surface area contributed by atoms with E-state index < -0.39 is 23.9 Å². The molecule has 5 rings (SSSR count). The standard InChI is InChI=1S/C31H32N4O5/c1-19-26(27(35-40-19)20-11-5-3-6-12-20)34-31(38)32-25-18-23-16-10-9-15-22(23)17-24(25)29(36)33-28(30(37)39-2)21-13-7-4-8-14-21/h3,5-6,9-12,15-18,21,28H,4,7-8,13-14H2,1-2H3,(H,33,36)(H2,32,34,38)/t28-/m0/s1. The Balaban J connectivity index is 1.43. The Morgan fingerprint density at radius 1 is 0.925 bits per heavy atom. The molecule has 3 N–H and O–H groups in total. The number of nitrogens with one attached hydrogen (secondary N) is 3. The molecule has 9 heteroatoms. The number of aromatic nitrogens is 1. The first-order valence-electron chi connectivity index (χ1n) is 13.5. The molecule has 1 saturated carbocycles. The average molecular weight is 541 g/mol. The quantitative estimate of drug-likeness (QED) is 0.237. The third-order valence-corrected chi connectivity index (χ3v) is 7.39. The van der Waals surface area contributed by atoms with Gasteiger partial charge in [-0.15, -0.1) is 0 Å². The minimum atomic E-state index is -0.765. The minimum Gasteiger partial charge on any atom is -0.467 e. The molecule has 0 saturated heterocycles. The Labute approximate surface area is 232 Å². The lowest BCUT2D eigenvalue weighted by atomic mass is 9.83. The SMILES string of the molecule is COC(=O)[C@@H](NC(=O)c1cc2ccccc2cc1NC(=O)Nc1c(-c2ccccc2)noc1C)C1CCCCC1. The van der Waals surface area contributed by atoms with Gasteiger partial charge in [0.05, 0.1) is 18.4 Å². The second-order valence-corrected chi connectivity index (χ2v) is 10.0. The van der Waals surface area contributed by atoms with Gasteiger partial charge in [-0.3, -0.25) is 4.79 Å². The summed E-state index contributed by atoms with van der Waals surface area (Å²) in [6, 6.07) is 19.1. The molecule has 1 aromatic heterocycles. The van der Waals surface area contributed by atoms with Crippen LogP contribution in [0.5, 0.6) is 0 Å². The Bertz CT molecular complexity index is 1530. The zero-order chi connectivity index (χ0) is 28.1. The van der Waals surface area contributed by atoms with Gasteiger partial charge in [0.25, 0.3) is 5.91 Å². The molecule has 9 nitrogen and oxygen atoms in total. The fourth-order valence-corrected chi connectivity index (χ4v) is 5.29. The van der Waals surface area contributed by atoms with E-state index in [-0.39, 0.29) is 11.5 Å². The summed E-state index contributed by atoms with van der Waals surface area (Å²) in [4.78, 5) is 39.6. The number of benzene rings is 3. The number of urea groups is 1. The number of rotatable bonds is 7. The van der Waals surface area contributed by atoms with Crippen LogP contribution in [0, 0.1) is 12.8 Å². The number of nitrogens with zero attached hydrogens (tertiary/aromatic N) is 1. The van der Waals surface area contributed by atoms with Gasteiger partial charge in [0.1, 0.15) is 17.4 Å². The van der Waals surface area contributed by atoms with Gasteiger partial charge in [-0.2, -0.15) is 0 Å². The summed E-state index contributed by atoms with van der Waals surface area (Å²) in [5.74, 6) is -0.491. The number of esters is 1. The second kappa shape index (κ2) is 12.0. The summed E-state index contributed by atoms with van der Waals surface area (Å²) >= 11 is 0. The second-order valence-electron chi connectivity index (χ2n) is 10.0. The lowest BCUT2D eigenvalue weighted by Crippen LogP contribution is -2.47. The summed E-state index contributed by atoms with van der Waals surface area (Å²) in [7, 11) is 1.33. The number of aryl methyl sites for hydroxylation is 1. The Morgan fingerprint density at radius 3 is 2.30 bits per heavy atom. The van der Waals surface area contributed by atoms with E-state index in [9.17, 15) is 14.4 Å². The maximum Gasteiger partial charge on any atom is 0.328 e. The van der Waals surface area contributed by atoms with Gasteiger partial charge in [-0.25, -0.2) is 9.59 Å². The fraction of sp³-hybridized carbons (Fsp3) is 0.290. The molecule has 1 aliphatic rings. The van der Waals surface area contributed by atoms with Gasteiger partial charge in [0.2, 0.25) is 0 Å². The van der Waals surface area contributed by atoms with Crippen molar-refractivity contribution in [1.82, 2.24) is 10.5 Å². The summed E-state index contributed by atoms with van der Waals surface area (Å²) in [6.45, 7) is 1.71. The normalized spacial score (nSPS) is 14.3. The Kier molecular flexibility index (Phi) is 8.10. The van der Waals surface area contributed by atoms with Crippen LogP contribution in [-0.4, -0.2) is 36.2 Å². The molecule has 0 radical (unpaired) electrons. The fourth-order valence-electron chi connectivity index (χ4n) is 5.29. The maximum atomic E-state index is 13.7. The molecule has 3 amide bonds. The van der Waals surface area contributed by atoms with Crippen LogP contribution in [-0.2, 0) is 9.53 Å². The molecule has 1 atom stereocenters. The van der Waals surface area contributed by atoms with Crippen LogP contribution in [0.3, 0.4) is 0 Å². The zero-order valence-corrected chi connectivity index (χ0v) is 22.5. The molecule has 206 valence electrons. The van der Waals surface area contributed by atoms with Gasteiger partial charge < -0.3 is 25.2 Å². The van der Waals surface area contributed by atoms with Crippen LogP contribution in [0.15, 0.2) is 71.3 Å². The molecule has 1 heterocycles. The van der Waals surface area contributed by atoms with Crippen molar-refractivity contribution < 1.29 is 23.6 Å². The molecule has 3 aromatic carbocycles. The molecule has 0 spiro atoms. The highest BCUT2D eigenvalue weighted by molar-refractivity contribution is 6.11. The number of hydrogen-bond acceptors (Lipinski definition) is 6. The number of ether oxygens (including phenoxy) is 1. The smallest absolute Gasteiger partial charge is 0.328 e. The number of fused-ring (bicyclic) bond motifs is 1. The topological polar surface area (TPSA) is 123 Å². The predicted molar refractivity (Wildman–Crippen MR) is 153 cm³/mol. The molecule has 1 fully saturated rings. The zero-order valence-electron chi connectivity index (χ0n) is 22.5. The minimum absolute atomic E-state index is 0.00159. The molecule has 0 unspecified atom stereocenters. The number of carbonyl (C=O) groups excluding carboxylic acids is 3. The lowest BCUT2D eigenvalue weighted by molar-refractivity contribution is -0.144. The van der Waals surface area contributed by atoms with E-state index in [1.165, 1.54) is 7.11 Å². The van der Waals surface area contributed by atoms with Crippen molar-refractivity contribution in [1.29, 1.82) is 0 Å². The van der Waals surface area contributed by atoms with Crippen molar-refractivity contribution in [2.24, 2.45) is 5.92 Å². The van der Waals surface area contributed by atoms with Gasteiger partial charge in [0.15, 0.2) is 5.76 Å². The number of methoxy groups -OCH3 is 1. The molecule has 40 heavy (non-hydrogen) atoms. The molecule has 4 aromatic rings. The van der Waals surface area contributed by atoms with Crippen molar-refractivity contribution in [2.45, 2.75) is 45.1 Å². The Morgan fingerprint density at radius 2 is 1.60 bits per heavy atom. The van der Waals surface area contributed by atoms with Gasteiger partial charge in [0, 0.05) is 5.56 Å². The van der Waals surface area contributed by atoms with Crippen LogP contribution in [0.25, 0.3) is 22.0 Å². The van der Waals surface area contributed by atoms with Gasteiger partial charge in [-0.1, -0.05) is 79.0 Å². The summed E-state index contributed by atoms with van der Waals surface area (Å²) < 4.78 is 10.4. The van der Waals surface area contributed by atoms with Crippen molar-refractivity contribution in [3.63, 3.8) is 0 Å². The molecular weight excluding hydrogens is 508 g/mol. The first-order chi connectivity index (χ1) is 19.4. The van der Waals surface area contributed by atoms with E-state index in [2.05, 4.69) is 21.1 Å². The van der Waals surface area contributed by atoms with E-state index in [1.54, 1.807) is 19.1 Å². The number of anilines is 2. The van der Waals surface area contributed by atoms with E-state index in [4.69, 9.17) is 9.26 Å². The number of hydrogen-bond donors (Lipinski definition) is 3. The predicted octanol–water partition coefficient (Wildman–Crippen LogP) is 6.30. The third kappa shape index (κ3) is 5.83. The van der Waals surface area contributed by atoms with Crippen molar-refractivity contribution in [2.75, 3.05) is 17.7 Å². The van der Waals surface area contributed by atoms with Crippen molar-refractivity contribution in [3.05, 3.63) is 78.1 Å². The summed E-state index contributed by atoms with van der Waals surface area (Å²) in [5.41, 5.74) is 2.26. The van der Waals surface area contributed by atoms with Crippen molar-refractivity contribution in [3.8, 4) is 11.3 Å². The molecule has 0 aliphatic heterocycles. The van der Waals surface area contributed by atoms with Crippen LogP contribution in [0.4, 0.5) is 16.2 Å². The van der Waals surface area contributed by atoms with E-state index in [0.29, 0.717) is 22.8 Å². The lowest BCUT2D eigenvalue weighted by Gasteiger charge is -2.29. The van der Waals surface area contributed by atoms with Gasteiger partial charge >= 0.3 is 12.0 Å². The Hall–Kier alpha value is -4.66. The van der Waals surface area contributed by atoms with Crippen molar-refractivity contribution >= 4 is 40.1 Å². The average Bonchev–Trinajstić information content (AvgIpc) is 3.35. The highest BCUT2D eigenvalue weighted by Crippen LogP contribution is 2.31. The summed E-state index contributed by atoms with van der Waals surface area (Å²) in [6.07, 6.45) is 4.80. The van der Waals surface area contributed by atoms with Crippen LogP contribution in [0.1, 0.15) is 48.2 Å². The van der Waals surface area contributed by atoms with E-state index in [1.807, 2.05) is 54.6 Å². The largest absolute Gasteiger partial charge is 0.467 e. The maximum absolute atomic E-state index is 13.7. The van der Waals surface area contributed by atoms with E-state index >= 15 is 0 Å². The monoisotopic (exact) mass is 540 g/mol. The van der Waals surface area contributed by atoms with Crippen LogP contribution >= 0.6 is 0 Å². The highest BCUT2D eigenvalue weighted by atomic mass is 16.5. The highest BCUT2D eigenvalue weighted by Gasteiger charge is 2.32. The molecule has 0 bridgehead atoms.